The highest BCUT2D eigenvalue weighted by Crippen LogP contribution is 2.31. The second-order valence-corrected chi connectivity index (χ2v) is 9.06. The van der Waals surface area contributed by atoms with E-state index in [-0.39, 0.29) is 18.3 Å². The normalized spacial score (nSPS) is 21.5. The lowest BCUT2D eigenvalue weighted by Crippen LogP contribution is -2.51. The van der Waals surface area contributed by atoms with Crippen molar-refractivity contribution in [3.05, 3.63) is 70.6 Å². The molecular formula is C25H28N6O4. The maximum absolute atomic E-state index is 13.2. The first-order valence-corrected chi connectivity index (χ1v) is 11.9. The average Bonchev–Trinajstić information content (AvgIpc) is 3.33. The fourth-order valence-corrected chi connectivity index (χ4v) is 5.17. The van der Waals surface area contributed by atoms with E-state index in [2.05, 4.69) is 15.7 Å². The Morgan fingerprint density at radius 3 is 2.43 bits per heavy atom. The number of imidazole rings is 1. The molecule has 1 atom stereocenters. The van der Waals surface area contributed by atoms with E-state index in [1.165, 1.54) is 0 Å². The number of aromatic amines is 1. The van der Waals surface area contributed by atoms with E-state index < -0.39 is 23.4 Å². The van der Waals surface area contributed by atoms with Crippen LogP contribution in [0.5, 0.6) is 0 Å². The molecule has 2 aliphatic heterocycles. The van der Waals surface area contributed by atoms with Crippen LogP contribution in [0.3, 0.4) is 0 Å². The number of para-hydroxylation sites is 2. The minimum Gasteiger partial charge on any atom is -0.318 e. The number of piperidine rings is 1. The van der Waals surface area contributed by atoms with E-state index in [0.29, 0.717) is 37.9 Å². The quantitative estimate of drug-likeness (QED) is 0.469. The Kier molecular flexibility index (Phi) is 5.89. The molecule has 1 aromatic heterocycles. The molecule has 10 heteroatoms. The molecule has 0 aliphatic carbocycles. The molecule has 0 saturated carbocycles. The number of hydrogen-bond acceptors (Lipinski definition) is 5. The third-order valence-electron chi connectivity index (χ3n) is 7.04. The third-order valence-corrected chi connectivity index (χ3v) is 7.04. The van der Waals surface area contributed by atoms with Gasteiger partial charge in [-0.25, -0.2) is 9.59 Å². The fourth-order valence-electron chi connectivity index (χ4n) is 5.17. The minimum absolute atomic E-state index is 0.0416. The first kappa shape index (κ1) is 22.9. The van der Waals surface area contributed by atoms with E-state index >= 15 is 0 Å². The predicted molar refractivity (Wildman–Crippen MR) is 129 cm³/mol. The molecule has 3 aromatic rings. The van der Waals surface area contributed by atoms with Crippen LogP contribution in [0.1, 0.15) is 37.8 Å². The van der Waals surface area contributed by atoms with Gasteiger partial charge in [-0.05, 0) is 37.0 Å². The number of fused-ring (bicyclic) bond motifs is 1. The number of aromatic nitrogens is 2. The molecule has 10 nitrogen and oxygen atoms in total. The standard InChI is InChI=1S/C25H28N6O4/c1-2-25(17-8-4-3-5-9-17)22(33)31(24(35)27-25)28-21(32)16-29-14-12-18(13-15-29)30-20-11-7-6-10-19(20)26-23(30)34/h3-11,18H,2,12-16H2,1H3,(H,26,34)(H,27,35)(H,28,32)/t25-/m1/s1. The van der Waals surface area contributed by atoms with Gasteiger partial charge in [0.2, 0.25) is 0 Å². The van der Waals surface area contributed by atoms with Crippen molar-refractivity contribution < 1.29 is 14.4 Å². The number of carbonyl (C=O) groups is 3. The number of H-pyrrole nitrogens is 1. The molecule has 2 aliphatic rings. The zero-order valence-electron chi connectivity index (χ0n) is 19.5. The van der Waals surface area contributed by atoms with Gasteiger partial charge in [0.15, 0.2) is 0 Å². The van der Waals surface area contributed by atoms with E-state index in [1.54, 1.807) is 28.8 Å². The Labute approximate surface area is 201 Å². The van der Waals surface area contributed by atoms with Gasteiger partial charge in [-0.3, -0.25) is 24.5 Å². The number of amides is 4. The largest absolute Gasteiger partial charge is 0.344 e. The lowest BCUT2D eigenvalue weighted by atomic mass is 9.87. The molecule has 2 saturated heterocycles. The summed E-state index contributed by atoms with van der Waals surface area (Å²) >= 11 is 0. The Morgan fingerprint density at radius 2 is 1.71 bits per heavy atom. The summed E-state index contributed by atoms with van der Waals surface area (Å²) in [7, 11) is 0. The molecule has 0 radical (unpaired) electrons. The van der Waals surface area contributed by atoms with Crippen molar-refractivity contribution in [1.82, 2.24) is 30.2 Å². The molecule has 182 valence electrons. The number of urea groups is 1. The highest BCUT2D eigenvalue weighted by Gasteiger charge is 2.52. The molecule has 5 rings (SSSR count). The summed E-state index contributed by atoms with van der Waals surface area (Å²) in [4.78, 5) is 55.9. The highest BCUT2D eigenvalue weighted by molar-refractivity contribution is 6.08. The lowest BCUT2D eigenvalue weighted by Gasteiger charge is -2.32. The van der Waals surface area contributed by atoms with E-state index in [0.717, 1.165) is 16.0 Å². The van der Waals surface area contributed by atoms with Crippen LogP contribution in [0.25, 0.3) is 11.0 Å². The Morgan fingerprint density at radius 1 is 1.03 bits per heavy atom. The second-order valence-electron chi connectivity index (χ2n) is 9.06. The van der Waals surface area contributed by atoms with Gasteiger partial charge in [0.25, 0.3) is 11.8 Å². The summed E-state index contributed by atoms with van der Waals surface area (Å²) in [5, 5.41) is 3.55. The van der Waals surface area contributed by atoms with Crippen LogP contribution >= 0.6 is 0 Å². The molecule has 0 unspecified atom stereocenters. The summed E-state index contributed by atoms with van der Waals surface area (Å²) < 4.78 is 1.80. The second kappa shape index (κ2) is 9.03. The van der Waals surface area contributed by atoms with Gasteiger partial charge >= 0.3 is 11.7 Å². The smallest absolute Gasteiger partial charge is 0.318 e. The molecule has 0 spiro atoms. The van der Waals surface area contributed by atoms with Gasteiger partial charge in [0.05, 0.1) is 17.6 Å². The molecule has 3 heterocycles. The van der Waals surface area contributed by atoms with Gasteiger partial charge in [-0.2, -0.15) is 5.01 Å². The van der Waals surface area contributed by atoms with Crippen molar-refractivity contribution >= 4 is 28.9 Å². The van der Waals surface area contributed by atoms with Crippen LogP contribution in [-0.4, -0.2) is 56.9 Å². The predicted octanol–water partition coefficient (Wildman–Crippen LogP) is 1.85. The van der Waals surface area contributed by atoms with Crippen molar-refractivity contribution in [1.29, 1.82) is 0 Å². The number of likely N-dealkylation sites (tertiary alicyclic amines) is 1. The van der Waals surface area contributed by atoms with Gasteiger partial charge in [-0.1, -0.05) is 49.4 Å². The molecule has 2 aromatic carbocycles. The van der Waals surface area contributed by atoms with Crippen molar-refractivity contribution in [2.75, 3.05) is 19.6 Å². The van der Waals surface area contributed by atoms with Gasteiger partial charge in [-0.15, -0.1) is 0 Å². The van der Waals surface area contributed by atoms with E-state index in [9.17, 15) is 19.2 Å². The zero-order chi connectivity index (χ0) is 24.6. The number of nitrogens with one attached hydrogen (secondary N) is 3. The molecule has 0 bridgehead atoms. The first-order valence-electron chi connectivity index (χ1n) is 11.9. The summed E-state index contributed by atoms with van der Waals surface area (Å²) in [5.74, 6) is -0.932. The first-order chi connectivity index (χ1) is 16.9. The summed E-state index contributed by atoms with van der Waals surface area (Å²) in [6.07, 6.45) is 1.78. The number of nitrogens with zero attached hydrogens (tertiary/aromatic N) is 3. The minimum atomic E-state index is -1.20. The number of hydrazine groups is 1. The van der Waals surface area contributed by atoms with Crippen molar-refractivity contribution in [3.8, 4) is 0 Å². The molecule has 3 N–H and O–H groups in total. The highest BCUT2D eigenvalue weighted by atomic mass is 16.2. The van der Waals surface area contributed by atoms with Crippen LogP contribution in [0.15, 0.2) is 59.4 Å². The summed E-state index contributed by atoms with van der Waals surface area (Å²) in [6.45, 7) is 3.11. The molecule has 2 fully saturated rings. The van der Waals surface area contributed by atoms with Gasteiger partial charge in [0, 0.05) is 19.1 Å². The summed E-state index contributed by atoms with van der Waals surface area (Å²) in [5.41, 5.74) is 3.53. The average molecular weight is 477 g/mol. The number of benzene rings is 2. The Hall–Kier alpha value is -3.92. The van der Waals surface area contributed by atoms with Crippen molar-refractivity contribution in [2.45, 2.75) is 37.8 Å². The number of imide groups is 1. The Bertz CT molecular complexity index is 1320. The third kappa shape index (κ3) is 3.99. The molecule has 4 amide bonds. The van der Waals surface area contributed by atoms with Crippen LogP contribution in [0.4, 0.5) is 4.79 Å². The van der Waals surface area contributed by atoms with E-state index in [4.69, 9.17) is 0 Å². The van der Waals surface area contributed by atoms with Crippen LogP contribution < -0.4 is 16.4 Å². The van der Waals surface area contributed by atoms with Crippen molar-refractivity contribution in [3.63, 3.8) is 0 Å². The topological polar surface area (TPSA) is 120 Å². The monoisotopic (exact) mass is 476 g/mol. The Balaban J connectivity index is 1.21. The van der Waals surface area contributed by atoms with Gasteiger partial charge < -0.3 is 10.3 Å². The number of carbonyl (C=O) groups excluding carboxylic acids is 3. The maximum atomic E-state index is 13.2. The van der Waals surface area contributed by atoms with Crippen molar-refractivity contribution in [2.24, 2.45) is 0 Å². The lowest BCUT2D eigenvalue weighted by molar-refractivity contribution is -0.140. The van der Waals surface area contributed by atoms with Crippen LogP contribution in [0.2, 0.25) is 0 Å². The number of rotatable bonds is 6. The van der Waals surface area contributed by atoms with Crippen LogP contribution in [-0.2, 0) is 15.1 Å². The fraction of sp³-hybridized carbons (Fsp3) is 0.360. The molecule has 35 heavy (non-hydrogen) atoms. The summed E-state index contributed by atoms with van der Waals surface area (Å²) in [6, 6.07) is 16.0. The zero-order valence-corrected chi connectivity index (χ0v) is 19.5. The SMILES string of the molecule is CC[C@]1(c2ccccc2)NC(=O)N(NC(=O)CN2CCC(n3c(=O)[nH]c4ccccc43)CC2)C1=O. The van der Waals surface area contributed by atoms with E-state index in [1.807, 2.05) is 42.2 Å². The molecular weight excluding hydrogens is 448 g/mol. The maximum Gasteiger partial charge on any atom is 0.344 e. The number of hydrogen-bond donors (Lipinski definition) is 3. The van der Waals surface area contributed by atoms with Crippen LogP contribution in [0, 0.1) is 0 Å². The van der Waals surface area contributed by atoms with Gasteiger partial charge in [0.1, 0.15) is 5.54 Å².